The lowest BCUT2D eigenvalue weighted by Gasteiger charge is -2.09. The number of carbonyl (C=O) groups is 1. The first-order chi connectivity index (χ1) is 11.7. The second-order valence-electron chi connectivity index (χ2n) is 4.85. The summed E-state index contributed by atoms with van der Waals surface area (Å²) >= 11 is 1.38. The largest absolute Gasteiger partial charge is 0.497 e. The van der Waals surface area contributed by atoms with Gasteiger partial charge in [0.1, 0.15) is 22.8 Å². The molecule has 0 atom stereocenters. The fourth-order valence-electron chi connectivity index (χ4n) is 2.30. The zero-order valence-electron chi connectivity index (χ0n) is 13.5. The number of ether oxygens (including phenoxy) is 3. The van der Waals surface area contributed by atoms with Crippen LogP contribution in [0.3, 0.4) is 0 Å². The molecule has 124 valence electrons. The zero-order chi connectivity index (χ0) is 17.1. The Bertz CT molecular complexity index is 891. The Morgan fingerprint density at radius 2 is 1.83 bits per heavy atom. The highest BCUT2D eigenvalue weighted by Gasteiger charge is 2.16. The predicted octanol–water partition coefficient (Wildman–Crippen LogP) is 3.57. The second kappa shape index (κ2) is 6.76. The van der Waals surface area contributed by atoms with Gasteiger partial charge in [0.25, 0.3) is 5.91 Å². The van der Waals surface area contributed by atoms with Crippen LogP contribution in [0.4, 0.5) is 5.13 Å². The monoisotopic (exact) mass is 344 g/mol. The van der Waals surface area contributed by atoms with Crippen molar-refractivity contribution in [3.8, 4) is 17.2 Å². The van der Waals surface area contributed by atoms with Gasteiger partial charge in [-0.25, -0.2) is 4.98 Å². The number of nitrogens with one attached hydrogen (secondary N) is 1. The highest BCUT2D eigenvalue weighted by molar-refractivity contribution is 7.22. The van der Waals surface area contributed by atoms with E-state index >= 15 is 0 Å². The third kappa shape index (κ3) is 2.98. The number of hydrogen-bond acceptors (Lipinski definition) is 6. The van der Waals surface area contributed by atoms with Gasteiger partial charge in [-0.1, -0.05) is 17.4 Å². The molecular weight excluding hydrogens is 328 g/mol. The van der Waals surface area contributed by atoms with Gasteiger partial charge in [0.2, 0.25) is 0 Å². The van der Waals surface area contributed by atoms with Crippen molar-refractivity contribution in [1.82, 2.24) is 4.98 Å². The van der Waals surface area contributed by atoms with Crippen molar-refractivity contribution in [1.29, 1.82) is 0 Å². The van der Waals surface area contributed by atoms with Gasteiger partial charge in [0.15, 0.2) is 5.13 Å². The molecule has 7 heteroatoms. The van der Waals surface area contributed by atoms with E-state index in [1.165, 1.54) is 18.4 Å². The molecule has 2 aromatic carbocycles. The van der Waals surface area contributed by atoms with E-state index in [-0.39, 0.29) is 5.91 Å². The quantitative estimate of drug-likeness (QED) is 0.766. The number of aromatic nitrogens is 1. The summed E-state index contributed by atoms with van der Waals surface area (Å²) in [5.41, 5.74) is 1.10. The molecule has 0 aliphatic rings. The van der Waals surface area contributed by atoms with Crippen LogP contribution in [0.5, 0.6) is 17.2 Å². The molecule has 3 aromatic rings. The molecule has 0 saturated carbocycles. The van der Waals surface area contributed by atoms with Gasteiger partial charge < -0.3 is 14.2 Å². The summed E-state index contributed by atoms with van der Waals surface area (Å²) in [6, 6.07) is 10.7. The van der Waals surface area contributed by atoms with E-state index < -0.39 is 0 Å². The van der Waals surface area contributed by atoms with Crippen molar-refractivity contribution in [2.24, 2.45) is 0 Å². The molecule has 3 rings (SSSR count). The number of methoxy groups -OCH3 is 3. The molecule has 0 fully saturated rings. The smallest absolute Gasteiger partial charge is 0.261 e. The molecule has 0 spiro atoms. The van der Waals surface area contributed by atoms with E-state index in [2.05, 4.69) is 10.3 Å². The van der Waals surface area contributed by atoms with Crippen molar-refractivity contribution < 1.29 is 19.0 Å². The summed E-state index contributed by atoms with van der Waals surface area (Å²) < 4.78 is 16.6. The van der Waals surface area contributed by atoms with E-state index in [0.29, 0.717) is 27.9 Å². The van der Waals surface area contributed by atoms with E-state index in [1.807, 2.05) is 18.2 Å². The van der Waals surface area contributed by atoms with Crippen LogP contribution in [0.15, 0.2) is 36.4 Å². The van der Waals surface area contributed by atoms with Crippen molar-refractivity contribution in [2.75, 3.05) is 26.6 Å². The number of nitrogens with zero attached hydrogens (tertiary/aromatic N) is 1. The number of rotatable bonds is 5. The number of anilines is 1. The number of para-hydroxylation sites is 1. The standard InChI is InChI=1S/C17H16N2O4S/c1-21-10-7-8-12(22-2)11(9-10)16(20)19-17-18-15-13(23-3)5-4-6-14(15)24-17/h4-9H,1-3H3,(H,18,19,20). The lowest BCUT2D eigenvalue weighted by molar-refractivity contribution is 0.102. The lowest BCUT2D eigenvalue weighted by atomic mass is 10.2. The molecule has 0 saturated heterocycles. The number of fused-ring (bicyclic) bond motifs is 1. The summed E-state index contributed by atoms with van der Waals surface area (Å²) in [6.45, 7) is 0. The van der Waals surface area contributed by atoms with Crippen LogP contribution in [0.2, 0.25) is 0 Å². The van der Waals surface area contributed by atoms with E-state index in [0.717, 1.165) is 10.2 Å². The number of carbonyl (C=O) groups excluding carboxylic acids is 1. The molecular formula is C17H16N2O4S. The molecule has 24 heavy (non-hydrogen) atoms. The molecule has 0 aliphatic heterocycles. The number of amides is 1. The van der Waals surface area contributed by atoms with Gasteiger partial charge in [-0.15, -0.1) is 0 Å². The van der Waals surface area contributed by atoms with Crippen molar-refractivity contribution in [2.45, 2.75) is 0 Å². The normalized spacial score (nSPS) is 10.5. The Hall–Kier alpha value is -2.80. The average Bonchev–Trinajstić information content (AvgIpc) is 3.03. The van der Waals surface area contributed by atoms with Crippen LogP contribution in [0.1, 0.15) is 10.4 Å². The fourth-order valence-corrected chi connectivity index (χ4v) is 3.18. The van der Waals surface area contributed by atoms with Gasteiger partial charge in [-0.2, -0.15) is 0 Å². The first kappa shape index (κ1) is 16.1. The Morgan fingerprint density at radius 1 is 1.04 bits per heavy atom. The maximum Gasteiger partial charge on any atom is 0.261 e. The van der Waals surface area contributed by atoms with Gasteiger partial charge >= 0.3 is 0 Å². The minimum absolute atomic E-state index is 0.316. The Balaban J connectivity index is 1.92. The minimum Gasteiger partial charge on any atom is -0.497 e. The van der Waals surface area contributed by atoms with Gasteiger partial charge in [0, 0.05) is 0 Å². The molecule has 0 unspecified atom stereocenters. The summed E-state index contributed by atoms with van der Waals surface area (Å²) in [7, 11) is 4.65. The molecule has 0 bridgehead atoms. The zero-order valence-corrected chi connectivity index (χ0v) is 14.3. The van der Waals surface area contributed by atoms with E-state index in [1.54, 1.807) is 32.4 Å². The Labute approximate surface area is 143 Å². The van der Waals surface area contributed by atoms with Crippen molar-refractivity contribution in [3.05, 3.63) is 42.0 Å². The second-order valence-corrected chi connectivity index (χ2v) is 5.88. The predicted molar refractivity (Wildman–Crippen MR) is 93.7 cm³/mol. The first-order valence-corrected chi connectivity index (χ1v) is 7.95. The highest BCUT2D eigenvalue weighted by Crippen LogP contribution is 2.33. The van der Waals surface area contributed by atoms with E-state index in [4.69, 9.17) is 14.2 Å². The third-order valence-electron chi connectivity index (χ3n) is 3.47. The summed E-state index contributed by atoms with van der Waals surface area (Å²) in [5.74, 6) is 1.39. The fraction of sp³-hybridized carbons (Fsp3) is 0.176. The third-order valence-corrected chi connectivity index (χ3v) is 4.41. The Morgan fingerprint density at radius 3 is 2.54 bits per heavy atom. The molecule has 0 radical (unpaired) electrons. The molecule has 6 nitrogen and oxygen atoms in total. The van der Waals surface area contributed by atoms with Crippen molar-refractivity contribution >= 4 is 32.6 Å². The minimum atomic E-state index is -0.316. The maximum absolute atomic E-state index is 12.6. The first-order valence-electron chi connectivity index (χ1n) is 7.13. The number of hydrogen-bond donors (Lipinski definition) is 1. The summed E-state index contributed by atoms with van der Waals surface area (Å²) in [6.07, 6.45) is 0. The van der Waals surface area contributed by atoms with Crippen LogP contribution in [-0.2, 0) is 0 Å². The van der Waals surface area contributed by atoms with E-state index in [9.17, 15) is 4.79 Å². The molecule has 1 amide bonds. The molecule has 0 aliphatic carbocycles. The SMILES string of the molecule is COc1ccc(OC)c(C(=O)Nc2nc3c(OC)cccc3s2)c1. The average molecular weight is 344 g/mol. The van der Waals surface area contributed by atoms with Gasteiger partial charge in [0.05, 0.1) is 31.6 Å². The highest BCUT2D eigenvalue weighted by atomic mass is 32.1. The number of thiazole rings is 1. The van der Waals surface area contributed by atoms with Crippen LogP contribution < -0.4 is 19.5 Å². The van der Waals surface area contributed by atoms with Crippen LogP contribution in [0, 0.1) is 0 Å². The van der Waals surface area contributed by atoms with Crippen molar-refractivity contribution in [3.63, 3.8) is 0 Å². The van der Waals surface area contributed by atoms with Crippen LogP contribution in [-0.4, -0.2) is 32.2 Å². The van der Waals surface area contributed by atoms with Gasteiger partial charge in [-0.05, 0) is 30.3 Å². The Kier molecular flexibility index (Phi) is 4.52. The molecule has 1 aromatic heterocycles. The molecule has 1 heterocycles. The molecule has 1 N–H and O–H groups in total. The maximum atomic E-state index is 12.6. The van der Waals surface area contributed by atoms with Crippen LogP contribution >= 0.6 is 11.3 Å². The lowest BCUT2D eigenvalue weighted by Crippen LogP contribution is -2.13. The summed E-state index contributed by atoms with van der Waals surface area (Å²) in [5, 5.41) is 3.29. The number of benzene rings is 2. The van der Waals surface area contributed by atoms with Crippen LogP contribution in [0.25, 0.3) is 10.2 Å². The van der Waals surface area contributed by atoms with Gasteiger partial charge in [-0.3, -0.25) is 10.1 Å². The summed E-state index contributed by atoms with van der Waals surface area (Å²) in [4.78, 5) is 17.0. The topological polar surface area (TPSA) is 69.7 Å².